The second-order valence-corrected chi connectivity index (χ2v) is 7.40. The molecule has 0 amide bonds. The molecule has 1 heterocycles. The van der Waals surface area contributed by atoms with Crippen molar-refractivity contribution in [3.8, 4) is 0 Å². The van der Waals surface area contributed by atoms with Crippen molar-refractivity contribution >= 4 is 18.7 Å². The Labute approximate surface area is 134 Å². The van der Waals surface area contributed by atoms with Crippen LogP contribution in [0.5, 0.6) is 0 Å². The maximum absolute atomic E-state index is 12.4. The van der Waals surface area contributed by atoms with E-state index in [-0.39, 0.29) is 30.5 Å². The molecule has 0 aromatic heterocycles. The Bertz CT molecular complexity index is 393. The van der Waals surface area contributed by atoms with Crippen molar-refractivity contribution in [3.05, 3.63) is 0 Å². The second-order valence-electron chi connectivity index (χ2n) is 7.40. The smallest absolute Gasteiger partial charge is 0.398 e. The van der Waals surface area contributed by atoms with Gasteiger partial charge in [0.2, 0.25) is 0 Å². The van der Waals surface area contributed by atoms with E-state index >= 15 is 0 Å². The summed E-state index contributed by atoms with van der Waals surface area (Å²) >= 11 is 0. The van der Waals surface area contributed by atoms with Gasteiger partial charge < -0.3 is 9.31 Å². The van der Waals surface area contributed by atoms with Gasteiger partial charge in [0.1, 0.15) is 12.2 Å². The molecule has 0 bridgehead atoms. The highest BCUT2D eigenvalue weighted by molar-refractivity contribution is 6.49. The lowest BCUT2D eigenvalue weighted by Crippen LogP contribution is -2.41. The molecule has 2 rings (SSSR count). The number of Topliss-reactive ketones (excluding diaryl/α,β-unsaturated/α-hetero) is 2. The quantitative estimate of drug-likeness (QED) is 0.646. The monoisotopic (exact) mass is 308 g/mol. The largest absolute Gasteiger partial charge is 0.461 e. The number of unbranched alkanes of at least 4 members (excludes halogenated alkanes) is 1. The van der Waals surface area contributed by atoms with Crippen molar-refractivity contribution in [2.75, 3.05) is 0 Å². The molecule has 0 N–H and O–H groups in total. The van der Waals surface area contributed by atoms with E-state index in [1.165, 1.54) is 19.3 Å². The minimum absolute atomic E-state index is 0.0211. The molecule has 0 unspecified atom stereocenters. The van der Waals surface area contributed by atoms with Gasteiger partial charge in [-0.1, -0.05) is 53.9 Å². The lowest BCUT2D eigenvalue weighted by molar-refractivity contribution is -0.138. The molecule has 124 valence electrons. The highest BCUT2D eigenvalue weighted by Crippen LogP contribution is 2.52. The predicted octanol–water partition coefficient (Wildman–Crippen LogP) is 3.29. The van der Waals surface area contributed by atoms with E-state index in [9.17, 15) is 9.59 Å². The van der Waals surface area contributed by atoms with Crippen LogP contribution in [0.15, 0.2) is 0 Å². The number of carbonyl (C=O) groups is 2. The Morgan fingerprint density at radius 3 is 1.95 bits per heavy atom. The fraction of sp³-hybridized carbons (Fsp3) is 0.882. The molecule has 2 aliphatic rings. The lowest BCUT2D eigenvalue weighted by atomic mass is 9.80. The Hall–Kier alpha value is -0.675. The van der Waals surface area contributed by atoms with Gasteiger partial charge in [0.25, 0.3) is 0 Å². The van der Waals surface area contributed by atoms with E-state index in [0.29, 0.717) is 11.7 Å². The van der Waals surface area contributed by atoms with Gasteiger partial charge in [0, 0.05) is 11.8 Å². The zero-order chi connectivity index (χ0) is 16.4. The van der Waals surface area contributed by atoms with Crippen LogP contribution in [0.1, 0.15) is 60.3 Å². The summed E-state index contributed by atoms with van der Waals surface area (Å²) in [7, 11) is -0.373. The highest BCUT2D eigenvalue weighted by atomic mass is 16.7. The molecule has 4 nitrogen and oxygen atoms in total. The molecule has 2 fully saturated rings. The molecule has 22 heavy (non-hydrogen) atoms. The first-order valence-corrected chi connectivity index (χ1v) is 8.75. The fourth-order valence-electron chi connectivity index (χ4n) is 3.16. The minimum atomic E-state index is -0.715. The van der Waals surface area contributed by atoms with Crippen molar-refractivity contribution in [1.29, 1.82) is 0 Å². The van der Waals surface area contributed by atoms with Crippen LogP contribution in [0.4, 0.5) is 0 Å². The third-order valence-electron chi connectivity index (χ3n) is 4.79. The predicted molar refractivity (Wildman–Crippen MR) is 86.6 cm³/mol. The van der Waals surface area contributed by atoms with Gasteiger partial charge in [0.15, 0.2) is 11.6 Å². The summed E-state index contributed by atoms with van der Waals surface area (Å²) in [5.41, 5.74) is 0. The zero-order valence-electron chi connectivity index (χ0n) is 14.5. The normalized spacial score (nSPS) is 31.1. The summed E-state index contributed by atoms with van der Waals surface area (Å²) in [6.45, 7) is 9.57. The Morgan fingerprint density at radius 1 is 1.05 bits per heavy atom. The first-order valence-electron chi connectivity index (χ1n) is 8.75. The molecule has 0 spiro atoms. The summed E-state index contributed by atoms with van der Waals surface area (Å²) < 4.78 is 11.8. The lowest BCUT2D eigenvalue weighted by Gasteiger charge is -2.19. The third kappa shape index (κ3) is 3.80. The summed E-state index contributed by atoms with van der Waals surface area (Å²) in [6, 6.07) is 0. The van der Waals surface area contributed by atoms with Crippen LogP contribution in [0.3, 0.4) is 0 Å². The Morgan fingerprint density at radius 2 is 1.55 bits per heavy atom. The van der Waals surface area contributed by atoms with Gasteiger partial charge in [-0.15, -0.1) is 0 Å². The number of ketones is 2. The molecule has 1 aliphatic carbocycles. The van der Waals surface area contributed by atoms with Gasteiger partial charge >= 0.3 is 7.12 Å². The molecule has 0 aromatic rings. The van der Waals surface area contributed by atoms with Crippen LogP contribution in [-0.2, 0) is 18.9 Å². The van der Waals surface area contributed by atoms with Crippen molar-refractivity contribution in [2.24, 2.45) is 17.8 Å². The number of hydrogen-bond acceptors (Lipinski definition) is 4. The van der Waals surface area contributed by atoms with Crippen molar-refractivity contribution in [3.63, 3.8) is 0 Å². The second kappa shape index (κ2) is 7.26. The van der Waals surface area contributed by atoms with E-state index < -0.39 is 12.2 Å². The van der Waals surface area contributed by atoms with Crippen molar-refractivity contribution < 1.29 is 18.9 Å². The van der Waals surface area contributed by atoms with Crippen LogP contribution in [0.25, 0.3) is 0 Å². The number of rotatable bonds is 8. The molecule has 0 aromatic carbocycles. The van der Waals surface area contributed by atoms with Crippen LogP contribution in [-0.4, -0.2) is 30.9 Å². The number of carbonyl (C=O) groups excluding carboxylic acids is 2. The first-order chi connectivity index (χ1) is 10.4. The van der Waals surface area contributed by atoms with Gasteiger partial charge in [-0.3, -0.25) is 9.59 Å². The van der Waals surface area contributed by atoms with Crippen LogP contribution >= 0.6 is 0 Å². The van der Waals surface area contributed by atoms with E-state index in [0.717, 1.165) is 6.42 Å². The third-order valence-corrected chi connectivity index (χ3v) is 4.79. The average molecular weight is 308 g/mol. The van der Waals surface area contributed by atoms with E-state index in [1.54, 1.807) is 0 Å². The standard InChI is InChI=1S/C17H29BO4/c1-6-7-8-12-9-13(12)18-21-16(14(19)10(2)3)17(22-18)15(20)11(4)5/h10-13,16-17H,6-9H2,1-5H3/t12-,13-,16+,17+/m1/s1. The van der Waals surface area contributed by atoms with Crippen LogP contribution in [0.2, 0.25) is 5.82 Å². The highest BCUT2D eigenvalue weighted by Gasteiger charge is 2.56. The number of hydrogen-bond donors (Lipinski definition) is 0. The maximum atomic E-state index is 12.4. The van der Waals surface area contributed by atoms with Crippen LogP contribution in [0, 0.1) is 17.8 Å². The molecule has 0 radical (unpaired) electrons. The van der Waals surface area contributed by atoms with E-state index in [2.05, 4.69) is 6.92 Å². The fourth-order valence-corrected chi connectivity index (χ4v) is 3.16. The SMILES string of the molecule is CCCC[C@@H]1C[C@H]1B1O[C@@H](C(=O)C(C)C)[C@H](C(=O)C(C)C)O1. The molecule has 1 saturated carbocycles. The van der Waals surface area contributed by atoms with Crippen molar-refractivity contribution in [1.82, 2.24) is 0 Å². The van der Waals surface area contributed by atoms with Gasteiger partial charge in [-0.25, -0.2) is 0 Å². The topological polar surface area (TPSA) is 52.6 Å². The van der Waals surface area contributed by atoms with Crippen molar-refractivity contribution in [2.45, 2.75) is 78.3 Å². The Balaban J connectivity index is 2.02. The molecular weight excluding hydrogens is 279 g/mol. The average Bonchev–Trinajstić information content (AvgIpc) is 3.12. The first kappa shape index (κ1) is 17.7. The molecule has 5 heteroatoms. The van der Waals surface area contributed by atoms with Crippen LogP contribution < -0.4 is 0 Å². The summed E-state index contributed by atoms with van der Waals surface area (Å²) in [4.78, 5) is 24.7. The van der Waals surface area contributed by atoms with Gasteiger partial charge in [-0.2, -0.15) is 0 Å². The molecule has 4 atom stereocenters. The van der Waals surface area contributed by atoms with Gasteiger partial charge in [0.05, 0.1) is 0 Å². The summed E-state index contributed by atoms with van der Waals surface area (Å²) in [6.07, 6.45) is 3.26. The Kier molecular flexibility index (Phi) is 5.84. The molecular formula is C17H29BO4. The molecule has 1 saturated heterocycles. The van der Waals surface area contributed by atoms with Gasteiger partial charge in [-0.05, 0) is 18.2 Å². The van der Waals surface area contributed by atoms with E-state index in [4.69, 9.17) is 9.31 Å². The minimum Gasteiger partial charge on any atom is -0.398 e. The summed E-state index contributed by atoms with van der Waals surface area (Å²) in [5, 5.41) is 0. The summed E-state index contributed by atoms with van der Waals surface area (Å²) in [5.74, 6) is 0.654. The van der Waals surface area contributed by atoms with E-state index in [1.807, 2.05) is 27.7 Å². The zero-order valence-corrected chi connectivity index (χ0v) is 14.5. The molecule has 1 aliphatic heterocycles. The maximum Gasteiger partial charge on any atom is 0.461 e.